The summed E-state index contributed by atoms with van der Waals surface area (Å²) in [6.45, 7) is 9.29. The summed E-state index contributed by atoms with van der Waals surface area (Å²) in [7, 11) is 3.19. The Labute approximate surface area is 418 Å². The van der Waals surface area contributed by atoms with Crippen molar-refractivity contribution in [1.82, 2.24) is 34.9 Å². The van der Waals surface area contributed by atoms with E-state index in [-0.39, 0.29) is 35.8 Å². The zero-order chi connectivity index (χ0) is 49.1. The normalized spacial score (nSPS) is 18.3. The van der Waals surface area contributed by atoms with E-state index in [0.29, 0.717) is 41.3 Å². The number of aldehydes is 1. The highest BCUT2D eigenvalue weighted by molar-refractivity contribution is 7.99. The van der Waals surface area contributed by atoms with E-state index in [1.165, 1.54) is 23.9 Å². The summed E-state index contributed by atoms with van der Waals surface area (Å²) < 4.78 is 9.10. The van der Waals surface area contributed by atoms with Gasteiger partial charge >= 0.3 is 0 Å². The highest BCUT2D eigenvalue weighted by Crippen LogP contribution is 2.35. The van der Waals surface area contributed by atoms with Crippen molar-refractivity contribution >= 4 is 93.7 Å². The van der Waals surface area contributed by atoms with Gasteiger partial charge in [0.25, 0.3) is 5.91 Å². The molecule has 3 aromatic carbocycles. The van der Waals surface area contributed by atoms with Gasteiger partial charge in [0.05, 0.1) is 35.9 Å². The van der Waals surface area contributed by atoms with Crippen LogP contribution in [0.4, 0.5) is 40.2 Å². The summed E-state index contributed by atoms with van der Waals surface area (Å²) in [6.07, 6.45) is 9.03. The molecule has 70 heavy (non-hydrogen) atoms. The van der Waals surface area contributed by atoms with Crippen molar-refractivity contribution in [2.24, 2.45) is 0 Å². The Morgan fingerprint density at radius 2 is 1.59 bits per heavy atom. The van der Waals surface area contributed by atoms with Gasteiger partial charge in [0.2, 0.25) is 23.7 Å². The van der Waals surface area contributed by atoms with E-state index >= 15 is 0 Å². The van der Waals surface area contributed by atoms with Crippen molar-refractivity contribution in [3.63, 3.8) is 0 Å². The number of piperidine rings is 2. The Morgan fingerprint density at radius 1 is 0.871 bits per heavy atom. The minimum absolute atomic E-state index is 0.156. The van der Waals surface area contributed by atoms with E-state index in [0.717, 1.165) is 126 Å². The number of anilines is 7. The van der Waals surface area contributed by atoms with E-state index in [2.05, 4.69) is 62.4 Å². The number of aromatic nitrogens is 2. The van der Waals surface area contributed by atoms with Crippen molar-refractivity contribution in [2.75, 3.05) is 118 Å². The third-order valence-electron chi connectivity index (χ3n) is 13.8. The lowest BCUT2D eigenvalue weighted by atomic mass is 10.0. The number of hydrogen-bond acceptors (Lipinski definition) is 16. The number of carbonyl (C=O) groups is 5. The number of amides is 4. The minimum atomic E-state index is -0.776. The fraction of sp³-hybridized carbons (Fsp3) is 0.460. The molecule has 0 spiro atoms. The highest BCUT2D eigenvalue weighted by Gasteiger charge is 2.34. The topological polar surface area (TPSA) is 188 Å². The number of nitrogens with one attached hydrogen (secondary N) is 4. The van der Waals surface area contributed by atoms with Crippen LogP contribution in [0.3, 0.4) is 0 Å². The van der Waals surface area contributed by atoms with Gasteiger partial charge in [-0.3, -0.25) is 39.1 Å². The number of ether oxygens (including phenoxy) is 1. The zero-order valence-electron chi connectivity index (χ0n) is 40.1. The Balaban J connectivity index is 0.731. The average Bonchev–Trinajstić information content (AvgIpc) is 3.39. The van der Waals surface area contributed by atoms with Gasteiger partial charge in [0.15, 0.2) is 12.1 Å². The largest absolute Gasteiger partial charge is 0.494 e. The first kappa shape index (κ1) is 50.2. The summed E-state index contributed by atoms with van der Waals surface area (Å²) >= 11 is 8.00. The number of carbonyl (C=O) groups excluding carboxylic acids is 5. The molecule has 4 saturated heterocycles. The zero-order valence-corrected chi connectivity index (χ0v) is 41.7. The van der Waals surface area contributed by atoms with E-state index in [9.17, 15) is 24.0 Å². The molecule has 20 heteroatoms. The first-order valence-electron chi connectivity index (χ1n) is 24.1. The van der Waals surface area contributed by atoms with Gasteiger partial charge in [0, 0.05) is 121 Å². The molecule has 18 nitrogen and oxygen atoms in total. The number of halogens is 1. The molecule has 0 saturated carbocycles. The van der Waals surface area contributed by atoms with Crippen LogP contribution >= 0.6 is 23.5 Å². The fourth-order valence-corrected chi connectivity index (χ4v) is 10.3. The summed E-state index contributed by atoms with van der Waals surface area (Å²) in [5, 5.41) is 9.32. The van der Waals surface area contributed by atoms with Crippen molar-refractivity contribution in [2.45, 2.75) is 57.0 Å². The average molecular weight is 996 g/mol. The molecule has 372 valence electrons. The van der Waals surface area contributed by atoms with Crippen molar-refractivity contribution in [3.8, 4) is 5.75 Å². The number of imide groups is 1. The first-order valence-corrected chi connectivity index (χ1v) is 25.7. The van der Waals surface area contributed by atoms with Crippen LogP contribution in [0.25, 0.3) is 0 Å². The number of unbranched alkanes of at least 4 members (excludes halogenated alkanes) is 1. The smallest absolute Gasteiger partial charge is 0.255 e. The Hall–Kier alpha value is -6.15. The number of methoxy groups -OCH3 is 1. The Bertz CT molecular complexity index is 2510. The second-order valence-electron chi connectivity index (χ2n) is 18.1. The van der Waals surface area contributed by atoms with E-state index in [1.54, 1.807) is 25.4 Å². The molecule has 8 rings (SSSR count). The first-order chi connectivity index (χ1) is 34.0. The lowest BCUT2D eigenvalue weighted by molar-refractivity contribution is -0.136. The van der Waals surface area contributed by atoms with Gasteiger partial charge in [-0.2, -0.15) is 4.98 Å². The van der Waals surface area contributed by atoms with Gasteiger partial charge in [-0.25, -0.2) is 4.98 Å². The lowest BCUT2D eigenvalue weighted by Crippen LogP contribution is -2.54. The molecule has 4 aliphatic heterocycles. The van der Waals surface area contributed by atoms with E-state index < -0.39 is 17.9 Å². The Morgan fingerprint density at radius 3 is 2.30 bits per heavy atom. The van der Waals surface area contributed by atoms with Crippen LogP contribution in [0.1, 0.15) is 65.7 Å². The fourth-order valence-electron chi connectivity index (χ4n) is 9.77. The van der Waals surface area contributed by atoms with E-state index in [1.807, 2.05) is 47.6 Å². The molecule has 4 N–H and O–H groups in total. The predicted octanol–water partition coefficient (Wildman–Crippen LogP) is 6.11. The summed E-state index contributed by atoms with van der Waals surface area (Å²) in [5.74, 6) is 0.502. The molecule has 4 amide bonds. The predicted molar refractivity (Wildman–Crippen MR) is 276 cm³/mol. The van der Waals surface area contributed by atoms with Crippen LogP contribution in [-0.2, 0) is 14.4 Å². The number of piperazine rings is 2. The monoisotopic (exact) mass is 994 g/mol. The van der Waals surface area contributed by atoms with Gasteiger partial charge in [0.1, 0.15) is 16.8 Å². The van der Waals surface area contributed by atoms with Crippen molar-refractivity contribution in [3.05, 3.63) is 83.0 Å². The molecular formula is C50H63ClN12O6S. The molecule has 0 bridgehead atoms. The maximum atomic E-state index is 13.5. The van der Waals surface area contributed by atoms with Crippen LogP contribution in [0.15, 0.2) is 66.9 Å². The molecule has 5 heterocycles. The molecule has 0 aliphatic carbocycles. The molecule has 4 fully saturated rings. The van der Waals surface area contributed by atoms with Crippen LogP contribution in [0.5, 0.6) is 5.75 Å². The minimum Gasteiger partial charge on any atom is -0.494 e. The molecule has 1 aromatic heterocycles. The number of benzene rings is 3. The number of rotatable bonds is 18. The maximum Gasteiger partial charge on any atom is 0.255 e. The van der Waals surface area contributed by atoms with Gasteiger partial charge < -0.3 is 39.7 Å². The molecule has 1 atom stereocenters. The quantitative estimate of drug-likeness (QED) is 0.0387. The van der Waals surface area contributed by atoms with Crippen molar-refractivity contribution < 1.29 is 28.7 Å². The number of para-hydroxylation sites is 2. The van der Waals surface area contributed by atoms with Crippen LogP contribution in [0, 0.1) is 0 Å². The van der Waals surface area contributed by atoms with Gasteiger partial charge in [-0.1, -0.05) is 35.7 Å². The molecule has 0 radical (unpaired) electrons. The van der Waals surface area contributed by atoms with Crippen LogP contribution in [-0.4, -0.2) is 164 Å². The van der Waals surface area contributed by atoms with Crippen molar-refractivity contribution in [1.29, 1.82) is 0 Å². The number of hydrogen-bond donors (Lipinski definition) is 4. The van der Waals surface area contributed by atoms with E-state index in [4.69, 9.17) is 16.3 Å². The SMILES string of the molecule is COc1cc(N2CCC(N3CCN(C(=O)CCCCN4CCN(c5ccc(C=O)c(C(=O)N(C)C6CCC(=O)NC6=O)c5)CC4)CC3)CC2)ccc1Nc1ncc(Cl)c(Nc2ccccc2NSC)n1. The van der Waals surface area contributed by atoms with Gasteiger partial charge in [-0.15, -0.1) is 0 Å². The summed E-state index contributed by atoms with van der Waals surface area (Å²) in [5.41, 5.74) is 4.94. The number of likely N-dealkylation sites (N-methyl/N-ethyl adjacent to an activating group) is 1. The van der Waals surface area contributed by atoms with Gasteiger partial charge in [-0.05, 0) is 81.1 Å². The lowest BCUT2D eigenvalue weighted by Gasteiger charge is -2.43. The third kappa shape index (κ3) is 12.2. The standard InChI is InChI=1S/C50H63ClN12O6S/c1-58(43-15-16-45(65)55-48(43)67)49(68)38-30-36(12-11-34(38)33-64)62-24-22-59(23-25-62)19-7-6-10-46(66)63-28-26-61(27-29-63)35-17-20-60(21-18-35)37-13-14-42(44(31-37)69-2)54-50-52-32-39(51)47(56-50)53-40-8-4-5-9-41(40)57-70-3/h4-5,8-9,11-14,30-33,35,43,57H,6-7,10,15-29H2,1-3H3,(H,55,65,67)(H2,52,53,54,56). The second kappa shape index (κ2) is 23.6. The third-order valence-corrected chi connectivity index (χ3v) is 14.5. The number of nitrogens with zero attached hydrogens (tertiary/aromatic N) is 8. The Kier molecular flexibility index (Phi) is 17.0. The summed E-state index contributed by atoms with van der Waals surface area (Å²) in [6, 6.07) is 18.9. The van der Waals surface area contributed by atoms with Crippen LogP contribution in [0.2, 0.25) is 5.02 Å². The molecular weight excluding hydrogens is 932 g/mol. The molecule has 4 aliphatic rings. The maximum absolute atomic E-state index is 13.5. The summed E-state index contributed by atoms with van der Waals surface area (Å²) in [4.78, 5) is 84.8. The second-order valence-corrected chi connectivity index (χ2v) is 19.1. The highest BCUT2D eigenvalue weighted by atomic mass is 35.5. The molecule has 4 aromatic rings. The van der Waals surface area contributed by atoms with Crippen LogP contribution < -0.4 is 35.2 Å². The molecule has 1 unspecified atom stereocenters.